The summed E-state index contributed by atoms with van der Waals surface area (Å²) >= 11 is 0. The van der Waals surface area contributed by atoms with Crippen molar-refractivity contribution < 1.29 is 13.2 Å². The molecular formula is C16H17N3O4S. The van der Waals surface area contributed by atoms with Gasteiger partial charge in [-0.15, -0.1) is 0 Å². The molecule has 0 amide bonds. The minimum atomic E-state index is -3.75. The van der Waals surface area contributed by atoms with E-state index in [0.717, 1.165) is 5.56 Å². The molecule has 0 radical (unpaired) electrons. The first kappa shape index (κ1) is 16.1. The number of benzene rings is 2. The van der Waals surface area contributed by atoms with Gasteiger partial charge in [0, 0.05) is 0 Å². The third kappa shape index (κ3) is 2.88. The van der Waals surface area contributed by atoms with Crippen LogP contribution >= 0.6 is 0 Å². The van der Waals surface area contributed by atoms with E-state index in [9.17, 15) is 13.2 Å². The number of ether oxygens (including phenoxy) is 1. The smallest absolute Gasteiger partial charge is 0.323 e. The average molecular weight is 347 g/mol. The van der Waals surface area contributed by atoms with Gasteiger partial charge in [0.2, 0.25) is 0 Å². The normalized spacial score (nSPS) is 11.6. The summed E-state index contributed by atoms with van der Waals surface area (Å²) < 4.78 is 32.9. The third-order valence-electron chi connectivity index (χ3n) is 3.78. The second-order valence-electron chi connectivity index (χ2n) is 5.53. The Morgan fingerprint density at radius 1 is 1.00 bits per heavy atom. The SMILES string of the molecule is COc1ccc(S(=O)(=O)Nc2cc3[nH]c(=O)[nH]c3cc2C)cc1C. The van der Waals surface area contributed by atoms with Crippen LogP contribution in [0.15, 0.2) is 40.0 Å². The summed E-state index contributed by atoms with van der Waals surface area (Å²) in [5.74, 6) is 0.622. The average Bonchev–Trinajstić information content (AvgIpc) is 2.86. The molecule has 24 heavy (non-hydrogen) atoms. The van der Waals surface area contributed by atoms with E-state index in [4.69, 9.17) is 4.74 Å². The number of nitrogens with one attached hydrogen (secondary N) is 3. The number of sulfonamides is 1. The Hall–Kier alpha value is -2.74. The predicted octanol–water partition coefficient (Wildman–Crippen LogP) is 2.28. The van der Waals surface area contributed by atoms with Gasteiger partial charge in [-0.3, -0.25) is 4.72 Å². The molecule has 2 aromatic carbocycles. The molecule has 3 aromatic rings. The van der Waals surface area contributed by atoms with Gasteiger partial charge in [0.15, 0.2) is 0 Å². The number of H-pyrrole nitrogens is 2. The number of hydrogen-bond acceptors (Lipinski definition) is 4. The van der Waals surface area contributed by atoms with Crippen molar-refractivity contribution in [1.29, 1.82) is 0 Å². The van der Waals surface area contributed by atoms with E-state index in [1.54, 1.807) is 38.1 Å². The molecule has 1 heterocycles. The largest absolute Gasteiger partial charge is 0.496 e. The van der Waals surface area contributed by atoms with Gasteiger partial charge in [0.25, 0.3) is 10.0 Å². The van der Waals surface area contributed by atoms with Crippen molar-refractivity contribution in [3.63, 3.8) is 0 Å². The van der Waals surface area contributed by atoms with E-state index < -0.39 is 10.0 Å². The number of imidazole rings is 1. The fourth-order valence-corrected chi connectivity index (χ4v) is 3.73. The van der Waals surface area contributed by atoms with Crippen molar-refractivity contribution in [3.8, 4) is 5.75 Å². The molecule has 0 saturated carbocycles. The van der Waals surface area contributed by atoms with Gasteiger partial charge in [0.1, 0.15) is 5.75 Å². The van der Waals surface area contributed by atoms with E-state index in [-0.39, 0.29) is 10.6 Å². The lowest BCUT2D eigenvalue weighted by Crippen LogP contribution is -2.14. The Kier molecular flexibility index (Phi) is 3.84. The third-order valence-corrected chi connectivity index (χ3v) is 5.15. The predicted molar refractivity (Wildman–Crippen MR) is 92.2 cm³/mol. The first-order chi connectivity index (χ1) is 11.3. The summed E-state index contributed by atoms with van der Waals surface area (Å²) in [5, 5.41) is 0. The van der Waals surface area contributed by atoms with Gasteiger partial charge in [0.05, 0.1) is 28.7 Å². The summed E-state index contributed by atoms with van der Waals surface area (Å²) in [6, 6.07) is 7.96. The van der Waals surface area contributed by atoms with Gasteiger partial charge in [-0.1, -0.05) is 0 Å². The van der Waals surface area contributed by atoms with Crippen molar-refractivity contribution in [1.82, 2.24) is 9.97 Å². The lowest BCUT2D eigenvalue weighted by molar-refractivity contribution is 0.411. The molecule has 0 aliphatic heterocycles. The summed E-state index contributed by atoms with van der Waals surface area (Å²) in [6.07, 6.45) is 0. The van der Waals surface area contributed by atoms with Crippen LogP contribution in [-0.4, -0.2) is 25.5 Å². The van der Waals surface area contributed by atoms with Crippen molar-refractivity contribution in [3.05, 3.63) is 51.9 Å². The first-order valence-corrected chi connectivity index (χ1v) is 8.68. The number of aromatic amines is 2. The van der Waals surface area contributed by atoms with Crippen LogP contribution in [0.1, 0.15) is 11.1 Å². The zero-order chi connectivity index (χ0) is 17.5. The van der Waals surface area contributed by atoms with Gasteiger partial charge >= 0.3 is 5.69 Å². The first-order valence-electron chi connectivity index (χ1n) is 7.20. The number of methoxy groups -OCH3 is 1. The molecule has 126 valence electrons. The van der Waals surface area contributed by atoms with Crippen molar-refractivity contribution in [2.24, 2.45) is 0 Å². The van der Waals surface area contributed by atoms with Crippen molar-refractivity contribution in [2.45, 2.75) is 18.7 Å². The number of aromatic nitrogens is 2. The molecule has 0 unspecified atom stereocenters. The molecule has 0 atom stereocenters. The molecule has 3 N–H and O–H groups in total. The fourth-order valence-electron chi connectivity index (χ4n) is 2.52. The van der Waals surface area contributed by atoms with Crippen LogP contribution in [0.2, 0.25) is 0 Å². The summed E-state index contributed by atoms with van der Waals surface area (Å²) in [5.41, 5.74) is 2.66. The van der Waals surface area contributed by atoms with Gasteiger partial charge in [-0.2, -0.15) is 0 Å². The molecule has 7 nitrogen and oxygen atoms in total. The Labute approximate surface area is 138 Å². The number of hydrogen-bond donors (Lipinski definition) is 3. The topological polar surface area (TPSA) is 104 Å². The Balaban J connectivity index is 2.01. The summed E-state index contributed by atoms with van der Waals surface area (Å²) in [6.45, 7) is 3.54. The second kappa shape index (κ2) is 5.72. The lowest BCUT2D eigenvalue weighted by atomic mass is 10.2. The highest BCUT2D eigenvalue weighted by Crippen LogP contribution is 2.26. The molecular weight excluding hydrogens is 330 g/mol. The second-order valence-corrected chi connectivity index (χ2v) is 7.21. The van der Waals surface area contributed by atoms with E-state index in [2.05, 4.69) is 14.7 Å². The zero-order valence-corrected chi connectivity index (χ0v) is 14.2. The van der Waals surface area contributed by atoms with Crippen LogP contribution in [0, 0.1) is 13.8 Å². The molecule has 0 spiro atoms. The number of rotatable bonds is 4. The highest BCUT2D eigenvalue weighted by atomic mass is 32.2. The minimum Gasteiger partial charge on any atom is -0.496 e. The fraction of sp³-hybridized carbons (Fsp3) is 0.188. The number of aryl methyl sites for hydroxylation is 2. The summed E-state index contributed by atoms with van der Waals surface area (Å²) in [4.78, 5) is 16.7. The Morgan fingerprint density at radius 2 is 1.67 bits per heavy atom. The molecule has 8 heteroatoms. The van der Waals surface area contributed by atoms with Gasteiger partial charge in [-0.25, -0.2) is 13.2 Å². The van der Waals surface area contributed by atoms with Crippen LogP contribution < -0.4 is 15.1 Å². The highest BCUT2D eigenvalue weighted by molar-refractivity contribution is 7.92. The standard InChI is InChI=1S/C16H17N3O4S/c1-9-7-13-14(18-16(20)17-13)8-12(9)19-24(21,22)11-4-5-15(23-3)10(2)6-11/h4-8,19H,1-3H3,(H2,17,18,20). The van der Waals surface area contributed by atoms with Crippen LogP contribution in [0.25, 0.3) is 11.0 Å². The van der Waals surface area contributed by atoms with Gasteiger partial charge < -0.3 is 14.7 Å². The van der Waals surface area contributed by atoms with E-state index in [1.165, 1.54) is 13.2 Å². The van der Waals surface area contributed by atoms with Crippen LogP contribution in [-0.2, 0) is 10.0 Å². The zero-order valence-electron chi connectivity index (χ0n) is 13.4. The van der Waals surface area contributed by atoms with Crippen LogP contribution in [0.3, 0.4) is 0 Å². The highest BCUT2D eigenvalue weighted by Gasteiger charge is 2.17. The van der Waals surface area contributed by atoms with Crippen molar-refractivity contribution in [2.75, 3.05) is 11.8 Å². The Morgan fingerprint density at radius 3 is 2.29 bits per heavy atom. The van der Waals surface area contributed by atoms with Crippen molar-refractivity contribution >= 4 is 26.7 Å². The molecule has 3 rings (SSSR count). The van der Waals surface area contributed by atoms with E-state index in [0.29, 0.717) is 28.0 Å². The maximum absolute atomic E-state index is 12.6. The molecule has 0 fully saturated rings. The number of anilines is 1. The Bertz CT molecular complexity index is 1080. The molecule has 0 saturated heterocycles. The number of fused-ring (bicyclic) bond motifs is 1. The van der Waals surface area contributed by atoms with E-state index in [1.807, 2.05) is 0 Å². The van der Waals surface area contributed by atoms with Gasteiger partial charge in [-0.05, 0) is 55.3 Å². The van der Waals surface area contributed by atoms with E-state index >= 15 is 0 Å². The molecule has 1 aromatic heterocycles. The lowest BCUT2D eigenvalue weighted by Gasteiger charge is -2.12. The summed E-state index contributed by atoms with van der Waals surface area (Å²) in [7, 11) is -2.22. The maximum atomic E-state index is 12.6. The minimum absolute atomic E-state index is 0.142. The van der Waals surface area contributed by atoms with Crippen LogP contribution in [0.4, 0.5) is 5.69 Å². The van der Waals surface area contributed by atoms with Crippen LogP contribution in [0.5, 0.6) is 5.75 Å². The monoisotopic (exact) mass is 347 g/mol. The molecule has 0 bridgehead atoms. The quantitative estimate of drug-likeness (QED) is 0.673. The molecule has 0 aliphatic rings. The maximum Gasteiger partial charge on any atom is 0.323 e. The molecule has 0 aliphatic carbocycles.